The van der Waals surface area contributed by atoms with E-state index in [2.05, 4.69) is 130 Å². The summed E-state index contributed by atoms with van der Waals surface area (Å²) in [4.78, 5) is 0. The van der Waals surface area contributed by atoms with Crippen molar-refractivity contribution >= 4 is 19.7 Å². The monoisotopic (exact) mass is 504 g/mol. The maximum absolute atomic E-state index is 2.48. The summed E-state index contributed by atoms with van der Waals surface area (Å²) in [5.41, 5.74) is 11.7. The fourth-order valence-corrected chi connectivity index (χ4v) is 8.71. The van der Waals surface area contributed by atoms with Crippen LogP contribution in [0.3, 0.4) is 0 Å². The third-order valence-corrected chi connectivity index (χ3v) is 10.4. The van der Waals surface area contributed by atoms with Crippen LogP contribution in [0.4, 0.5) is 0 Å². The minimum atomic E-state index is -1.12. The lowest BCUT2D eigenvalue weighted by atomic mass is 9.82. The van der Waals surface area contributed by atoms with Crippen molar-refractivity contribution in [3.63, 3.8) is 0 Å². The van der Waals surface area contributed by atoms with Crippen LogP contribution in [0.1, 0.15) is 101 Å². The molecule has 0 bridgehead atoms. The summed E-state index contributed by atoms with van der Waals surface area (Å²) in [6, 6.07) is 21.1. The van der Waals surface area contributed by atoms with E-state index in [9.17, 15) is 0 Å². The Morgan fingerprint density at radius 2 is 0.771 bits per heavy atom. The minimum absolute atomic E-state index is 0.482. The van der Waals surface area contributed by atoms with E-state index in [0.29, 0.717) is 23.7 Å². The quantitative estimate of drug-likeness (QED) is 0.281. The first-order valence-corrected chi connectivity index (χ1v) is 18.0. The maximum atomic E-state index is 2.48. The first-order chi connectivity index (χ1) is 16.3. The second-order valence-corrected chi connectivity index (χ2v) is 20.7. The van der Waals surface area contributed by atoms with Crippen LogP contribution in [0, 0.1) is 0 Å². The summed E-state index contributed by atoms with van der Waals surface area (Å²) in [5.74, 6) is 1.93. The molecular weight excluding hydrogens is 458 g/mol. The van der Waals surface area contributed by atoms with E-state index in [4.69, 9.17) is 0 Å². The molecule has 0 atom stereocenters. The highest BCUT2D eigenvalue weighted by Crippen LogP contribution is 2.49. The molecule has 0 nitrogen and oxygen atoms in total. The summed E-state index contributed by atoms with van der Waals surface area (Å²) in [5, 5.41) is 1.53. The second-order valence-electron chi connectivity index (χ2n) is 12.0. The summed E-state index contributed by atoms with van der Waals surface area (Å²) < 4.78 is 0. The SMILES string of the molecule is CC(C)c1cccc(C(C)C)c1-c1cccc(-c2c(C(C)C)cccc2C(C)C)c1P=P(C)(C)C. The first-order valence-electron chi connectivity index (χ1n) is 13.3. The molecule has 2 heteroatoms. The molecule has 0 aliphatic carbocycles. The Balaban J connectivity index is 2.56. The third kappa shape index (κ3) is 6.21. The summed E-state index contributed by atoms with van der Waals surface area (Å²) >= 11 is 0. The Morgan fingerprint density at radius 1 is 0.486 bits per heavy atom. The lowest BCUT2D eigenvalue weighted by molar-refractivity contribution is 0.837. The van der Waals surface area contributed by atoms with E-state index in [1.165, 1.54) is 57.7 Å². The fraction of sp³-hybridized carbons (Fsp3) is 0.455. The number of rotatable bonds is 7. The maximum Gasteiger partial charge on any atom is 0.0173 e. The van der Waals surface area contributed by atoms with E-state index in [1.54, 1.807) is 0 Å². The molecule has 0 radical (unpaired) electrons. The molecule has 0 aromatic heterocycles. The Kier molecular flexibility index (Phi) is 8.95. The number of benzene rings is 3. The molecule has 0 aliphatic heterocycles. The van der Waals surface area contributed by atoms with Gasteiger partial charge in [-0.25, -0.2) is 0 Å². The van der Waals surface area contributed by atoms with Crippen LogP contribution >= 0.6 is 14.4 Å². The molecule has 3 rings (SSSR count). The molecule has 0 amide bonds. The van der Waals surface area contributed by atoms with Gasteiger partial charge in [0.15, 0.2) is 0 Å². The van der Waals surface area contributed by atoms with E-state index < -0.39 is 6.55 Å². The van der Waals surface area contributed by atoms with Gasteiger partial charge in [0.05, 0.1) is 0 Å². The Morgan fingerprint density at radius 3 is 1.03 bits per heavy atom. The van der Waals surface area contributed by atoms with Crippen molar-refractivity contribution in [3.8, 4) is 22.3 Å². The van der Waals surface area contributed by atoms with Crippen molar-refractivity contribution < 1.29 is 0 Å². The van der Waals surface area contributed by atoms with Crippen LogP contribution < -0.4 is 5.30 Å². The van der Waals surface area contributed by atoms with Gasteiger partial charge in [-0.3, -0.25) is 0 Å². The third-order valence-electron chi connectivity index (χ3n) is 6.72. The van der Waals surface area contributed by atoms with Gasteiger partial charge in [-0.1, -0.05) is 124 Å². The highest BCUT2D eigenvalue weighted by atomic mass is 31.8. The molecular formula is C33H46P2. The van der Waals surface area contributed by atoms with Gasteiger partial charge in [0.2, 0.25) is 0 Å². The molecule has 0 unspecified atom stereocenters. The van der Waals surface area contributed by atoms with Gasteiger partial charge in [0, 0.05) is 5.30 Å². The molecule has 3 aromatic rings. The molecule has 0 saturated carbocycles. The van der Waals surface area contributed by atoms with Gasteiger partial charge in [0.1, 0.15) is 0 Å². The van der Waals surface area contributed by atoms with Gasteiger partial charge in [-0.15, -0.1) is 0 Å². The first kappa shape index (κ1) is 28.0. The van der Waals surface area contributed by atoms with Gasteiger partial charge in [-0.05, 0) is 88.2 Å². The summed E-state index contributed by atoms with van der Waals surface area (Å²) in [6.07, 6.45) is 0. The highest BCUT2D eigenvalue weighted by molar-refractivity contribution is 8.06. The summed E-state index contributed by atoms with van der Waals surface area (Å²) in [6.45, 7) is 25.0. The lowest BCUT2D eigenvalue weighted by Crippen LogP contribution is -2.11. The van der Waals surface area contributed by atoms with Crippen molar-refractivity contribution in [3.05, 3.63) is 76.9 Å². The molecule has 0 aliphatic rings. The van der Waals surface area contributed by atoms with Crippen LogP contribution in [0.2, 0.25) is 0 Å². The number of hydrogen-bond acceptors (Lipinski definition) is 0. The highest BCUT2D eigenvalue weighted by Gasteiger charge is 2.23. The van der Waals surface area contributed by atoms with E-state index in [0.717, 1.165) is 0 Å². The predicted octanol–water partition coefficient (Wildman–Crippen LogP) is 10.9. The average molecular weight is 505 g/mol. The van der Waals surface area contributed by atoms with Gasteiger partial charge >= 0.3 is 0 Å². The predicted molar refractivity (Wildman–Crippen MR) is 165 cm³/mol. The van der Waals surface area contributed by atoms with Crippen molar-refractivity contribution in [2.24, 2.45) is 0 Å². The Bertz CT molecular complexity index is 1090. The fourth-order valence-electron chi connectivity index (χ4n) is 5.08. The zero-order valence-corrected chi connectivity index (χ0v) is 25.7. The van der Waals surface area contributed by atoms with Crippen LogP contribution in [0.25, 0.3) is 22.3 Å². The molecule has 0 heterocycles. The minimum Gasteiger partial charge on any atom is -0.0864 e. The zero-order chi connectivity index (χ0) is 26.1. The number of hydrogen-bond donors (Lipinski definition) is 0. The topological polar surface area (TPSA) is 0 Å². The molecule has 0 saturated heterocycles. The van der Waals surface area contributed by atoms with E-state index in [1.807, 2.05) is 0 Å². The van der Waals surface area contributed by atoms with Crippen LogP contribution in [0.5, 0.6) is 0 Å². The van der Waals surface area contributed by atoms with E-state index in [-0.39, 0.29) is 0 Å². The van der Waals surface area contributed by atoms with Crippen molar-refractivity contribution in [1.29, 1.82) is 0 Å². The molecule has 0 N–H and O–H groups in total. The lowest BCUT2D eigenvalue weighted by Gasteiger charge is -2.26. The van der Waals surface area contributed by atoms with Gasteiger partial charge in [-0.2, -0.15) is 0 Å². The molecule has 0 spiro atoms. The second kappa shape index (κ2) is 11.2. The van der Waals surface area contributed by atoms with Crippen LogP contribution in [-0.2, 0) is 0 Å². The molecule has 3 aromatic carbocycles. The zero-order valence-electron chi connectivity index (χ0n) is 23.9. The smallest absolute Gasteiger partial charge is 0.0173 e. The van der Waals surface area contributed by atoms with Crippen molar-refractivity contribution in [1.82, 2.24) is 0 Å². The normalized spacial score (nSPS) is 12.5. The molecule has 35 heavy (non-hydrogen) atoms. The molecule has 0 fully saturated rings. The van der Waals surface area contributed by atoms with Crippen molar-refractivity contribution in [2.75, 3.05) is 20.0 Å². The van der Waals surface area contributed by atoms with Crippen LogP contribution in [-0.4, -0.2) is 20.0 Å². The average Bonchev–Trinajstić information content (AvgIpc) is 2.77. The largest absolute Gasteiger partial charge is 0.0864 e. The van der Waals surface area contributed by atoms with Crippen LogP contribution in [0.15, 0.2) is 54.6 Å². The van der Waals surface area contributed by atoms with E-state index >= 15 is 0 Å². The Hall–Kier alpha value is -1.61. The molecule has 188 valence electrons. The Labute approximate surface area is 217 Å². The van der Waals surface area contributed by atoms with Gasteiger partial charge in [0.25, 0.3) is 0 Å². The van der Waals surface area contributed by atoms with Gasteiger partial charge < -0.3 is 0 Å². The summed E-state index contributed by atoms with van der Waals surface area (Å²) in [7, 11) is 1.48. The van der Waals surface area contributed by atoms with Crippen molar-refractivity contribution in [2.45, 2.75) is 79.1 Å². The standard InChI is InChI=1S/C33H46P2/c1-21(2)25-15-12-16-26(22(3)4)31(25)29-19-14-20-30(33(29)34-35(9,10)11)32-27(23(5)6)17-13-18-28(32)24(7)8/h12-24H,1-11H3.